The molecule has 4 aliphatic carbocycles. The monoisotopic (exact) mass is 432 g/mol. The van der Waals surface area contributed by atoms with Crippen LogP contribution in [-0.4, -0.2) is 44.8 Å². The summed E-state index contributed by atoms with van der Waals surface area (Å²) >= 11 is 0. The lowest BCUT2D eigenvalue weighted by Crippen LogP contribution is -2.72. The molecule has 4 saturated carbocycles. The van der Waals surface area contributed by atoms with Gasteiger partial charge in [-0.3, -0.25) is 0 Å². The van der Waals surface area contributed by atoms with Crippen LogP contribution in [0.5, 0.6) is 0 Å². The van der Waals surface area contributed by atoms with E-state index in [9.17, 15) is 15.3 Å². The molecule has 31 heavy (non-hydrogen) atoms. The molecule has 5 rings (SSSR count). The maximum Gasteiger partial charge on any atom is 0.117 e. The molecule has 0 radical (unpaired) electrons. The Bertz CT molecular complexity index is 760. The molecular formula is C27H44O4. The average molecular weight is 433 g/mol. The van der Waals surface area contributed by atoms with Crippen molar-refractivity contribution in [2.24, 2.45) is 34.5 Å². The van der Waals surface area contributed by atoms with Crippen LogP contribution in [0.25, 0.3) is 0 Å². The van der Waals surface area contributed by atoms with Gasteiger partial charge in [-0.15, -0.1) is 0 Å². The fraction of sp³-hybridized carbons (Fsp3) is 0.926. The second-order valence-corrected chi connectivity index (χ2v) is 12.7. The van der Waals surface area contributed by atoms with Gasteiger partial charge in [0.25, 0.3) is 0 Å². The Balaban J connectivity index is 1.43. The number of aliphatic hydroxyl groups excluding tert-OH is 2. The fourth-order valence-corrected chi connectivity index (χ4v) is 9.50. The van der Waals surface area contributed by atoms with Gasteiger partial charge in [-0.05, 0) is 94.3 Å². The van der Waals surface area contributed by atoms with Crippen LogP contribution >= 0.6 is 0 Å². The van der Waals surface area contributed by atoms with Crippen LogP contribution in [0.2, 0.25) is 0 Å². The van der Waals surface area contributed by atoms with Crippen LogP contribution in [0, 0.1) is 34.5 Å². The molecule has 3 N–H and O–H groups in total. The average Bonchev–Trinajstić information content (AvgIpc) is 3.30. The van der Waals surface area contributed by atoms with Gasteiger partial charge in [0.05, 0.1) is 6.10 Å². The number of allylic oxidation sites excluding steroid dienone is 2. The van der Waals surface area contributed by atoms with E-state index in [2.05, 4.69) is 40.7 Å². The van der Waals surface area contributed by atoms with Gasteiger partial charge in [-0.1, -0.05) is 32.4 Å². The lowest BCUT2D eigenvalue weighted by atomic mass is 9.42. The Morgan fingerprint density at radius 3 is 2.52 bits per heavy atom. The minimum atomic E-state index is -1.23. The molecule has 0 aromatic heterocycles. The molecule has 0 amide bonds. The molecule has 0 aromatic rings. The number of fused-ring (bicyclic) bond motifs is 3. The first kappa shape index (κ1) is 22.4. The summed E-state index contributed by atoms with van der Waals surface area (Å²) in [5, 5.41) is 33.4. The first-order valence-corrected chi connectivity index (χ1v) is 12.9. The quantitative estimate of drug-likeness (QED) is 0.448. The number of aliphatic hydroxyl groups is 3. The summed E-state index contributed by atoms with van der Waals surface area (Å²) in [6, 6.07) is 0. The van der Waals surface area contributed by atoms with Crippen molar-refractivity contribution in [3.8, 4) is 0 Å². The summed E-state index contributed by atoms with van der Waals surface area (Å²) in [4.78, 5) is 0. The van der Waals surface area contributed by atoms with E-state index in [0.29, 0.717) is 24.2 Å². The number of rotatable bonds is 4. The molecule has 0 bridgehead atoms. The SMILES string of the molecule is CC(C)=CCCC(C)[C@H]1CCC2C34OC3C(O)C3(O)C[C@@H](O)CC[C@]3(C)C4CC[C@@]21C. The minimum absolute atomic E-state index is 0.259. The van der Waals surface area contributed by atoms with Crippen LogP contribution in [0.4, 0.5) is 0 Å². The van der Waals surface area contributed by atoms with Crippen molar-refractivity contribution >= 4 is 0 Å². The van der Waals surface area contributed by atoms with Crippen molar-refractivity contribution < 1.29 is 20.1 Å². The van der Waals surface area contributed by atoms with Gasteiger partial charge in [0.15, 0.2) is 0 Å². The van der Waals surface area contributed by atoms with Crippen LogP contribution in [0.1, 0.15) is 92.4 Å². The van der Waals surface area contributed by atoms with Gasteiger partial charge < -0.3 is 20.1 Å². The molecule has 176 valence electrons. The summed E-state index contributed by atoms with van der Waals surface area (Å²) in [5.41, 5.74) is -0.207. The van der Waals surface area contributed by atoms with Crippen molar-refractivity contribution in [3.05, 3.63) is 11.6 Å². The van der Waals surface area contributed by atoms with E-state index < -0.39 is 17.8 Å². The summed E-state index contributed by atoms with van der Waals surface area (Å²) in [5.74, 6) is 2.16. The third-order valence-electron chi connectivity index (χ3n) is 11.1. The zero-order valence-electron chi connectivity index (χ0n) is 20.2. The van der Waals surface area contributed by atoms with Gasteiger partial charge >= 0.3 is 0 Å². The molecule has 11 atom stereocenters. The van der Waals surface area contributed by atoms with E-state index in [0.717, 1.165) is 12.8 Å². The molecule has 1 saturated heterocycles. The Morgan fingerprint density at radius 1 is 1.06 bits per heavy atom. The first-order chi connectivity index (χ1) is 14.5. The van der Waals surface area contributed by atoms with E-state index in [1.54, 1.807) is 0 Å². The molecule has 7 unspecified atom stereocenters. The molecule has 5 aliphatic rings. The molecule has 4 heteroatoms. The van der Waals surface area contributed by atoms with Gasteiger partial charge in [0, 0.05) is 11.8 Å². The zero-order valence-corrected chi connectivity index (χ0v) is 20.2. The second kappa shape index (κ2) is 7.04. The van der Waals surface area contributed by atoms with Crippen LogP contribution < -0.4 is 0 Å². The van der Waals surface area contributed by atoms with Crippen molar-refractivity contribution in [1.29, 1.82) is 0 Å². The van der Waals surface area contributed by atoms with Crippen molar-refractivity contribution in [2.45, 2.75) is 122 Å². The van der Waals surface area contributed by atoms with E-state index in [1.807, 2.05) is 0 Å². The highest BCUT2D eigenvalue weighted by Crippen LogP contribution is 2.76. The van der Waals surface area contributed by atoms with Crippen molar-refractivity contribution in [2.75, 3.05) is 0 Å². The van der Waals surface area contributed by atoms with E-state index in [1.165, 1.54) is 37.7 Å². The van der Waals surface area contributed by atoms with Gasteiger partial charge in [-0.25, -0.2) is 0 Å². The van der Waals surface area contributed by atoms with Gasteiger partial charge in [0.1, 0.15) is 23.4 Å². The number of hydrogen-bond donors (Lipinski definition) is 3. The summed E-state index contributed by atoms with van der Waals surface area (Å²) in [6.07, 6.45) is 9.60. The fourth-order valence-electron chi connectivity index (χ4n) is 9.50. The lowest BCUT2D eigenvalue weighted by Gasteiger charge is -2.63. The predicted octanol–water partition coefficient (Wildman–Crippen LogP) is 4.61. The normalized spacial score (nSPS) is 56.0. The molecular weight excluding hydrogens is 388 g/mol. The van der Waals surface area contributed by atoms with E-state index >= 15 is 0 Å². The standard InChI is InChI=1S/C27H44O4/c1-16(2)7-6-8-17(3)19-9-10-20-24(19,4)13-12-21-25(5)14-11-18(28)15-26(25,30)22(29)23-27(20,21)31-23/h7,17-23,28-30H,6,8-15H2,1-5H3/t17?,18-,19+,20?,21?,22?,23?,24+,25+,26?,27?/m0/s1. The Hall–Kier alpha value is -0.420. The minimum Gasteiger partial charge on any atom is -0.393 e. The maximum absolute atomic E-state index is 11.7. The number of epoxide rings is 1. The molecule has 0 aromatic carbocycles. The Labute approximate surface area is 188 Å². The third-order valence-corrected chi connectivity index (χ3v) is 11.1. The van der Waals surface area contributed by atoms with Crippen molar-refractivity contribution in [3.63, 3.8) is 0 Å². The highest BCUT2D eigenvalue weighted by atomic mass is 16.6. The lowest BCUT2D eigenvalue weighted by molar-refractivity contribution is -0.246. The molecule has 1 aliphatic heterocycles. The third kappa shape index (κ3) is 2.80. The maximum atomic E-state index is 11.7. The molecule has 1 heterocycles. The molecule has 5 fully saturated rings. The molecule has 1 spiro atoms. The van der Waals surface area contributed by atoms with Crippen LogP contribution in [0.3, 0.4) is 0 Å². The molecule has 4 nitrogen and oxygen atoms in total. The predicted molar refractivity (Wildman–Crippen MR) is 121 cm³/mol. The highest BCUT2D eigenvalue weighted by Gasteiger charge is 2.84. The number of hydrogen-bond acceptors (Lipinski definition) is 4. The number of ether oxygens (including phenoxy) is 1. The summed E-state index contributed by atoms with van der Waals surface area (Å²) in [6.45, 7) is 11.5. The largest absolute Gasteiger partial charge is 0.393 e. The summed E-state index contributed by atoms with van der Waals surface area (Å²) in [7, 11) is 0. The summed E-state index contributed by atoms with van der Waals surface area (Å²) < 4.78 is 6.56. The van der Waals surface area contributed by atoms with E-state index in [4.69, 9.17) is 4.74 Å². The van der Waals surface area contributed by atoms with Crippen molar-refractivity contribution in [1.82, 2.24) is 0 Å². The Kier molecular flexibility index (Phi) is 5.08. The zero-order chi connectivity index (χ0) is 22.4. The highest BCUT2D eigenvalue weighted by molar-refractivity contribution is 5.32. The Morgan fingerprint density at radius 2 is 1.81 bits per heavy atom. The van der Waals surface area contributed by atoms with Gasteiger partial charge in [0.2, 0.25) is 0 Å². The van der Waals surface area contributed by atoms with E-state index in [-0.39, 0.29) is 34.9 Å². The van der Waals surface area contributed by atoms with Crippen LogP contribution in [-0.2, 0) is 4.74 Å². The smallest absolute Gasteiger partial charge is 0.117 e. The second-order valence-electron chi connectivity index (χ2n) is 12.7. The van der Waals surface area contributed by atoms with Crippen LogP contribution in [0.15, 0.2) is 11.6 Å². The van der Waals surface area contributed by atoms with Gasteiger partial charge in [-0.2, -0.15) is 0 Å². The topological polar surface area (TPSA) is 73.2 Å². The first-order valence-electron chi connectivity index (χ1n) is 12.9.